The van der Waals surface area contributed by atoms with Crippen LogP contribution in [0.3, 0.4) is 0 Å². The molecule has 0 aromatic heterocycles. The van der Waals surface area contributed by atoms with Crippen LogP contribution >= 0.6 is 0 Å². The van der Waals surface area contributed by atoms with E-state index in [1.807, 2.05) is 0 Å². The van der Waals surface area contributed by atoms with E-state index in [0.717, 1.165) is 5.92 Å². The first-order chi connectivity index (χ1) is 4.13. The maximum atomic E-state index is 5.48. The summed E-state index contributed by atoms with van der Waals surface area (Å²) in [5, 5.41) is 0. The third-order valence-electron chi connectivity index (χ3n) is 0.811. The molecule has 0 aliphatic carbocycles. The van der Waals surface area contributed by atoms with Crippen molar-refractivity contribution in [2.45, 2.75) is 38.5 Å². The molecule has 0 saturated heterocycles. The third kappa shape index (κ3) is 8.67. The Morgan fingerprint density at radius 3 is 2.11 bits per heavy atom. The molecule has 0 aliphatic rings. The predicted molar refractivity (Wildman–Crippen MR) is 35.9 cm³/mol. The zero-order valence-electron chi connectivity index (χ0n) is 6.77. The van der Waals surface area contributed by atoms with Gasteiger partial charge in [0.2, 0.25) is 0 Å². The summed E-state index contributed by atoms with van der Waals surface area (Å²) in [6.07, 6.45) is 0.448. The van der Waals surface area contributed by atoms with Gasteiger partial charge in [0.1, 0.15) is 0 Å². The van der Waals surface area contributed by atoms with E-state index in [1.165, 1.54) is 4.73 Å². The fourth-order valence-corrected chi connectivity index (χ4v) is 1.57. The Kier molecular flexibility index (Phi) is 5.87. The van der Waals surface area contributed by atoms with Crippen LogP contribution in [-0.4, -0.2) is 6.10 Å². The number of hydrogen-bond acceptors (Lipinski definition) is 1. The Morgan fingerprint density at radius 1 is 1.22 bits per heavy atom. The molecule has 0 aromatic carbocycles. The summed E-state index contributed by atoms with van der Waals surface area (Å²) in [5.41, 5.74) is 0. The Hall–Kier alpha value is 0.674. The van der Waals surface area contributed by atoms with Gasteiger partial charge < -0.3 is 0 Å². The summed E-state index contributed by atoms with van der Waals surface area (Å²) in [4.78, 5) is 0. The third-order valence-corrected chi connectivity index (χ3v) is 3.34. The van der Waals surface area contributed by atoms with Crippen LogP contribution in [0.2, 0.25) is 4.73 Å². The van der Waals surface area contributed by atoms with Gasteiger partial charge in [-0.05, 0) is 0 Å². The van der Waals surface area contributed by atoms with Crippen LogP contribution in [0.5, 0.6) is 0 Å². The van der Waals surface area contributed by atoms with Gasteiger partial charge in [0.25, 0.3) is 0 Å². The van der Waals surface area contributed by atoms with Crippen LogP contribution in [-0.2, 0) is 22.9 Å². The van der Waals surface area contributed by atoms with Gasteiger partial charge in [-0.2, -0.15) is 0 Å². The Labute approximate surface area is 67.6 Å². The average molecular weight is 164 g/mol. The van der Waals surface area contributed by atoms with Crippen molar-refractivity contribution in [3.05, 3.63) is 0 Å². The fraction of sp³-hybridized carbons (Fsp3) is 1.00. The van der Waals surface area contributed by atoms with Crippen LogP contribution in [0.1, 0.15) is 27.7 Å². The summed E-state index contributed by atoms with van der Waals surface area (Å²) < 4.78 is 6.78. The van der Waals surface area contributed by atoms with Gasteiger partial charge in [-0.15, -0.1) is 0 Å². The van der Waals surface area contributed by atoms with Crippen molar-refractivity contribution in [3.63, 3.8) is 0 Å². The molecule has 9 heavy (non-hydrogen) atoms. The second-order valence-corrected chi connectivity index (χ2v) is 4.37. The van der Waals surface area contributed by atoms with Gasteiger partial charge in [0.15, 0.2) is 0 Å². The van der Waals surface area contributed by atoms with Crippen molar-refractivity contribution in [2.75, 3.05) is 0 Å². The molecule has 0 fully saturated rings. The Bertz CT molecular complexity index is 53.9. The van der Waals surface area contributed by atoms with Crippen molar-refractivity contribution in [2.24, 2.45) is 5.92 Å². The van der Waals surface area contributed by atoms with Crippen LogP contribution in [0, 0.1) is 5.92 Å². The monoisotopic (exact) mass is 164 g/mol. The van der Waals surface area contributed by atoms with E-state index in [2.05, 4.69) is 27.7 Å². The van der Waals surface area contributed by atoms with Crippen LogP contribution in [0.4, 0.5) is 0 Å². The number of rotatable bonds is 4. The quantitative estimate of drug-likeness (QED) is 0.580. The first-order valence-electron chi connectivity index (χ1n) is 3.51. The SMILES string of the molecule is CC(C)[CH2][Ti][O]C(C)C. The van der Waals surface area contributed by atoms with Crippen molar-refractivity contribution >= 4 is 0 Å². The molecule has 0 N–H and O–H groups in total. The molecular formula is C7H16OTi. The average Bonchev–Trinajstić information content (AvgIpc) is 1.63. The van der Waals surface area contributed by atoms with Crippen molar-refractivity contribution in [3.8, 4) is 0 Å². The molecule has 1 nitrogen and oxygen atoms in total. The van der Waals surface area contributed by atoms with E-state index in [9.17, 15) is 0 Å². The van der Waals surface area contributed by atoms with Gasteiger partial charge >= 0.3 is 67.3 Å². The van der Waals surface area contributed by atoms with Crippen molar-refractivity contribution in [1.29, 1.82) is 0 Å². The van der Waals surface area contributed by atoms with Crippen molar-refractivity contribution < 1.29 is 22.9 Å². The molecule has 0 heterocycles. The molecule has 0 spiro atoms. The minimum atomic E-state index is -0.0741. The normalized spacial score (nSPS) is 10.9. The summed E-state index contributed by atoms with van der Waals surface area (Å²) >= 11 is -0.0741. The predicted octanol–water partition coefficient (Wildman–Crippen LogP) is 2.48. The molecule has 0 aliphatic heterocycles. The van der Waals surface area contributed by atoms with E-state index < -0.39 is 0 Å². The summed E-state index contributed by atoms with van der Waals surface area (Å²) in [6, 6.07) is 0. The maximum absolute atomic E-state index is 5.48. The molecule has 2 heteroatoms. The molecule has 54 valence electrons. The second kappa shape index (κ2) is 5.46. The van der Waals surface area contributed by atoms with Crippen LogP contribution < -0.4 is 0 Å². The van der Waals surface area contributed by atoms with Gasteiger partial charge in [0.05, 0.1) is 0 Å². The summed E-state index contributed by atoms with van der Waals surface area (Å²) in [5.74, 6) is 0.823. The van der Waals surface area contributed by atoms with Crippen molar-refractivity contribution in [1.82, 2.24) is 0 Å². The second-order valence-electron chi connectivity index (χ2n) is 2.91. The molecule has 0 radical (unpaired) electrons. The van der Waals surface area contributed by atoms with E-state index in [-0.39, 0.29) is 19.5 Å². The van der Waals surface area contributed by atoms with E-state index in [1.54, 1.807) is 0 Å². The molecule has 0 aromatic rings. The molecular weight excluding hydrogens is 148 g/mol. The molecule has 0 atom stereocenters. The molecule has 0 bridgehead atoms. The molecule has 0 amide bonds. The first kappa shape index (κ1) is 9.67. The van der Waals surface area contributed by atoms with Gasteiger partial charge in [0, 0.05) is 0 Å². The topological polar surface area (TPSA) is 9.23 Å². The summed E-state index contributed by atoms with van der Waals surface area (Å²) in [6.45, 7) is 8.69. The van der Waals surface area contributed by atoms with E-state index >= 15 is 0 Å². The number of hydrogen-bond donors (Lipinski definition) is 0. The zero-order valence-corrected chi connectivity index (χ0v) is 8.33. The molecule has 0 rings (SSSR count). The van der Waals surface area contributed by atoms with Crippen LogP contribution in [0.25, 0.3) is 0 Å². The van der Waals surface area contributed by atoms with Gasteiger partial charge in [-0.25, -0.2) is 0 Å². The Balaban J connectivity index is 2.91. The summed E-state index contributed by atoms with van der Waals surface area (Å²) in [7, 11) is 0. The molecule has 0 saturated carbocycles. The van der Waals surface area contributed by atoms with E-state index in [4.69, 9.17) is 3.32 Å². The van der Waals surface area contributed by atoms with Gasteiger partial charge in [-0.3, -0.25) is 0 Å². The van der Waals surface area contributed by atoms with Gasteiger partial charge in [-0.1, -0.05) is 0 Å². The Morgan fingerprint density at radius 2 is 1.78 bits per heavy atom. The van der Waals surface area contributed by atoms with E-state index in [0.29, 0.717) is 6.10 Å². The standard InChI is InChI=1S/C4H9.C3H7O.Ti/c1-4(2)3;1-3(2)4;/h4H,1H2,2-3H3;3H,1-2H3;/q;-1;+1. The molecule has 0 unspecified atom stereocenters. The first-order valence-corrected chi connectivity index (χ1v) is 5.25. The minimum absolute atomic E-state index is 0.0741. The fourth-order valence-electron chi connectivity index (χ4n) is 0.381. The zero-order chi connectivity index (χ0) is 7.28. The van der Waals surface area contributed by atoms with Crippen LogP contribution in [0.15, 0.2) is 0 Å².